The number of hydrogen-bond acceptors (Lipinski definition) is 3. The van der Waals surface area contributed by atoms with Crippen LogP contribution >= 0.6 is 0 Å². The number of rotatable bonds is 6. The largest absolute Gasteiger partial charge is 0.310 e. The Morgan fingerprint density at radius 3 is 2.57 bits per heavy atom. The normalized spacial score (nSPS) is 11.9. The Labute approximate surface area is 126 Å². The molecule has 0 fully saturated rings. The zero-order valence-electron chi connectivity index (χ0n) is 12.8. The van der Waals surface area contributed by atoms with Crippen LogP contribution in [0.5, 0.6) is 0 Å². The summed E-state index contributed by atoms with van der Waals surface area (Å²) in [5, 5.41) is 3.08. The standard InChI is InChI=1S/C15H21FN2O2S/c1-6-7-18(5)21(19,20)14-8-12(4)15(16)13(9-14)10-17-11(2)3/h1,8-9,11,17H,7,10H2,2-5H3. The fourth-order valence-corrected chi connectivity index (χ4v) is 3.01. The molecule has 6 heteroatoms. The summed E-state index contributed by atoms with van der Waals surface area (Å²) < 4.78 is 39.9. The van der Waals surface area contributed by atoms with E-state index in [1.807, 2.05) is 13.8 Å². The van der Waals surface area contributed by atoms with Crippen LogP contribution in [0.25, 0.3) is 0 Å². The third kappa shape index (κ3) is 4.27. The van der Waals surface area contributed by atoms with E-state index in [-0.39, 0.29) is 29.8 Å². The van der Waals surface area contributed by atoms with Crippen molar-refractivity contribution in [3.63, 3.8) is 0 Å². The Kier molecular flexibility index (Phi) is 5.90. The molecule has 116 valence electrons. The van der Waals surface area contributed by atoms with Crippen molar-refractivity contribution in [3.05, 3.63) is 29.1 Å². The fraction of sp³-hybridized carbons (Fsp3) is 0.467. The molecule has 21 heavy (non-hydrogen) atoms. The van der Waals surface area contributed by atoms with Gasteiger partial charge in [0.25, 0.3) is 0 Å². The molecular weight excluding hydrogens is 291 g/mol. The molecule has 1 aromatic rings. The second-order valence-corrected chi connectivity index (χ2v) is 7.26. The van der Waals surface area contributed by atoms with Crippen LogP contribution in [0.3, 0.4) is 0 Å². The predicted octanol–water partition coefficient (Wildman–Crippen LogP) is 1.89. The van der Waals surface area contributed by atoms with Crippen molar-refractivity contribution >= 4 is 10.0 Å². The number of nitrogens with one attached hydrogen (secondary N) is 1. The highest BCUT2D eigenvalue weighted by Crippen LogP contribution is 2.21. The third-order valence-corrected chi connectivity index (χ3v) is 4.81. The van der Waals surface area contributed by atoms with Gasteiger partial charge in [-0.2, -0.15) is 4.31 Å². The average molecular weight is 312 g/mol. The summed E-state index contributed by atoms with van der Waals surface area (Å²) in [6, 6.07) is 2.87. The van der Waals surface area contributed by atoms with Gasteiger partial charge in [0.2, 0.25) is 10.0 Å². The van der Waals surface area contributed by atoms with Crippen LogP contribution in [0.2, 0.25) is 0 Å². The molecule has 1 N–H and O–H groups in total. The lowest BCUT2D eigenvalue weighted by Crippen LogP contribution is -2.28. The van der Waals surface area contributed by atoms with Gasteiger partial charge in [0.1, 0.15) is 5.82 Å². The van der Waals surface area contributed by atoms with Crippen LogP contribution in [0.4, 0.5) is 4.39 Å². The Morgan fingerprint density at radius 1 is 1.43 bits per heavy atom. The van der Waals surface area contributed by atoms with Gasteiger partial charge >= 0.3 is 0 Å². The van der Waals surface area contributed by atoms with Gasteiger partial charge in [0, 0.05) is 25.2 Å². The predicted molar refractivity (Wildman–Crippen MR) is 81.8 cm³/mol. The highest BCUT2D eigenvalue weighted by molar-refractivity contribution is 7.89. The Balaban J connectivity index is 3.24. The van der Waals surface area contributed by atoms with Crippen molar-refractivity contribution in [2.45, 2.75) is 38.3 Å². The third-order valence-electron chi connectivity index (χ3n) is 3.03. The Morgan fingerprint density at radius 2 is 2.05 bits per heavy atom. The van der Waals surface area contributed by atoms with Crippen molar-refractivity contribution in [2.24, 2.45) is 0 Å². The smallest absolute Gasteiger partial charge is 0.243 e. The molecule has 0 saturated carbocycles. The molecule has 0 saturated heterocycles. The number of nitrogens with zero attached hydrogens (tertiary/aromatic N) is 1. The minimum absolute atomic E-state index is 0.0294. The van der Waals surface area contributed by atoms with Crippen LogP contribution in [-0.4, -0.2) is 32.4 Å². The van der Waals surface area contributed by atoms with E-state index in [9.17, 15) is 12.8 Å². The summed E-state index contributed by atoms with van der Waals surface area (Å²) in [6.07, 6.45) is 5.14. The topological polar surface area (TPSA) is 49.4 Å². The number of aryl methyl sites for hydroxylation is 1. The van der Waals surface area contributed by atoms with Gasteiger partial charge in [0.15, 0.2) is 0 Å². The van der Waals surface area contributed by atoms with E-state index in [0.29, 0.717) is 11.1 Å². The molecule has 0 aliphatic rings. The molecule has 0 spiro atoms. The first-order valence-electron chi connectivity index (χ1n) is 6.62. The van der Waals surface area contributed by atoms with Crippen LogP contribution < -0.4 is 5.32 Å². The molecule has 0 radical (unpaired) electrons. The summed E-state index contributed by atoms with van der Waals surface area (Å²) in [5.74, 6) is 1.90. The molecule has 0 bridgehead atoms. The molecule has 0 aliphatic heterocycles. The summed E-state index contributed by atoms with van der Waals surface area (Å²) in [6.45, 7) is 5.66. The molecule has 0 aromatic heterocycles. The number of hydrogen-bond donors (Lipinski definition) is 1. The minimum Gasteiger partial charge on any atom is -0.310 e. The van der Waals surface area contributed by atoms with E-state index in [1.54, 1.807) is 6.92 Å². The first-order chi connectivity index (χ1) is 9.70. The lowest BCUT2D eigenvalue weighted by atomic mass is 10.1. The minimum atomic E-state index is -3.71. The summed E-state index contributed by atoms with van der Waals surface area (Å²) in [5.41, 5.74) is 0.627. The van der Waals surface area contributed by atoms with E-state index in [2.05, 4.69) is 11.2 Å². The lowest BCUT2D eigenvalue weighted by Gasteiger charge is -2.17. The highest BCUT2D eigenvalue weighted by Gasteiger charge is 2.22. The molecule has 0 unspecified atom stereocenters. The molecule has 0 aliphatic carbocycles. The Bertz CT molecular complexity index is 648. The van der Waals surface area contributed by atoms with Crippen LogP contribution in [0.1, 0.15) is 25.0 Å². The second kappa shape index (κ2) is 7.03. The second-order valence-electron chi connectivity index (χ2n) is 5.21. The van der Waals surface area contributed by atoms with E-state index in [4.69, 9.17) is 6.42 Å². The van der Waals surface area contributed by atoms with Gasteiger partial charge in [-0.1, -0.05) is 19.8 Å². The monoisotopic (exact) mass is 312 g/mol. The molecule has 4 nitrogen and oxygen atoms in total. The number of terminal acetylenes is 1. The van der Waals surface area contributed by atoms with Gasteiger partial charge in [-0.05, 0) is 24.6 Å². The zero-order valence-corrected chi connectivity index (χ0v) is 13.6. The number of benzene rings is 1. The van der Waals surface area contributed by atoms with Gasteiger partial charge in [-0.15, -0.1) is 6.42 Å². The maximum atomic E-state index is 14.1. The molecule has 0 heterocycles. The highest BCUT2D eigenvalue weighted by atomic mass is 32.2. The lowest BCUT2D eigenvalue weighted by molar-refractivity contribution is 0.501. The zero-order chi connectivity index (χ0) is 16.2. The fourth-order valence-electron chi connectivity index (χ4n) is 1.79. The maximum Gasteiger partial charge on any atom is 0.243 e. The van der Waals surface area contributed by atoms with E-state index >= 15 is 0 Å². The number of sulfonamides is 1. The SMILES string of the molecule is C#CCN(C)S(=O)(=O)c1cc(C)c(F)c(CNC(C)C)c1. The van der Waals surface area contributed by atoms with Crippen molar-refractivity contribution in [3.8, 4) is 12.3 Å². The first kappa shape index (κ1) is 17.6. The number of halogens is 1. The summed E-state index contributed by atoms with van der Waals surface area (Å²) >= 11 is 0. The summed E-state index contributed by atoms with van der Waals surface area (Å²) in [4.78, 5) is 0.0553. The molecular formula is C15H21FN2O2S. The maximum absolute atomic E-state index is 14.1. The summed E-state index contributed by atoms with van der Waals surface area (Å²) in [7, 11) is -2.30. The first-order valence-corrected chi connectivity index (χ1v) is 8.06. The van der Waals surface area contributed by atoms with Crippen molar-refractivity contribution in [1.82, 2.24) is 9.62 Å². The molecule has 0 atom stereocenters. The quantitative estimate of drug-likeness (QED) is 0.816. The van der Waals surface area contributed by atoms with Crippen molar-refractivity contribution in [2.75, 3.05) is 13.6 Å². The van der Waals surface area contributed by atoms with Gasteiger partial charge in [0.05, 0.1) is 11.4 Å². The van der Waals surface area contributed by atoms with E-state index in [1.165, 1.54) is 19.2 Å². The molecule has 1 rings (SSSR count). The molecule has 0 amide bonds. The van der Waals surface area contributed by atoms with Gasteiger partial charge in [-0.25, -0.2) is 12.8 Å². The van der Waals surface area contributed by atoms with Crippen molar-refractivity contribution < 1.29 is 12.8 Å². The molecule has 1 aromatic carbocycles. The van der Waals surface area contributed by atoms with E-state index < -0.39 is 10.0 Å². The van der Waals surface area contributed by atoms with Gasteiger partial charge in [-0.3, -0.25) is 0 Å². The van der Waals surface area contributed by atoms with Crippen LogP contribution in [-0.2, 0) is 16.6 Å². The van der Waals surface area contributed by atoms with Crippen LogP contribution in [0, 0.1) is 25.1 Å². The average Bonchev–Trinajstić information content (AvgIpc) is 2.40. The Hall–Kier alpha value is -1.42. The van der Waals surface area contributed by atoms with Crippen LogP contribution in [0.15, 0.2) is 17.0 Å². The van der Waals surface area contributed by atoms with Crippen molar-refractivity contribution in [1.29, 1.82) is 0 Å². The van der Waals surface area contributed by atoms with Gasteiger partial charge < -0.3 is 5.32 Å². The van der Waals surface area contributed by atoms with E-state index in [0.717, 1.165) is 4.31 Å².